The minimum Gasteiger partial charge on any atom is -0.399 e. The summed E-state index contributed by atoms with van der Waals surface area (Å²) in [5.41, 5.74) is 3.89. The second-order valence-electron chi connectivity index (χ2n) is 9.15. The van der Waals surface area contributed by atoms with Gasteiger partial charge in [0, 0.05) is 11.1 Å². The van der Waals surface area contributed by atoms with Crippen LogP contribution in [0, 0.1) is 13.1 Å². The average Bonchev–Trinajstić information content (AvgIpc) is 3.22. The zero-order chi connectivity index (χ0) is 22.7. The van der Waals surface area contributed by atoms with Gasteiger partial charge in [-0.2, -0.15) is 0 Å². The largest absolute Gasteiger partial charge is 0.493 e. The first-order valence-electron chi connectivity index (χ1n) is 10.5. The summed E-state index contributed by atoms with van der Waals surface area (Å²) in [6.45, 7) is 23.2. The molecule has 5 rings (SSSR count). The van der Waals surface area contributed by atoms with E-state index in [1.165, 1.54) is 0 Å². The summed E-state index contributed by atoms with van der Waals surface area (Å²) in [5.74, 6) is 0. The minimum absolute atomic E-state index is 0.463. The first-order valence-corrected chi connectivity index (χ1v) is 10.5. The van der Waals surface area contributed by atoms with Gasteiger partial charge >= 0.3 is 7.12 Å². The molecule has 0 atom stereocenters. The molecule has 3 aromatic carbocycles. The highest BCUT2D eigenvalue weighted by Crippen LogP contribution is 2.38. The van der Waals surface area contributed by atoms with Crippen molar-refractivity contribution >= 4 is 45.8 Å². The predicted molar refractivity (Wildman–Crippen MR) is 129 cm³/mol. The van der Waals surface area contributed by atoms with Gasteiger partial charge < -0.3 is 13.9 Å². The lowest BCUT2D eigenvalue weighted by molar-refractivity contribution is 0.00578. The van der Waals surface area contributed by atoms with Crippen LogP contribution in [0.4, 0.5) is 11.4 Å². The third-order valence-electron chi connectivity index (χ3n) is 6.62. The summed E-state index contributed by atoms with van der Waals surface area (Å²) in [6.07, 6.45) is 0. The summed E-state index contributed by atoms with van der Waals surface area (Å²) in [4.78, 5) is 7.32. The van der Waals surface area contributed by atoms with Crippen LogP contribution >= 0.6 is 0 Å². The molecular weight excluding hydrogens is 397 g/mol. The van der Waals surface area contributed by atoms with Gasteiger partial charge in [0.15, 0.2) is 11.4 Å². The van der Waals surface area contributed by atoms with E-state index < -0.39 is 18.3 Å². The van der Waals surface area contributed by atoms with Gasteiger partial charge in [-0.1, -0.05) is 30.3 Å². The van der Waals surface area contributed by atoms with E-state index in [1.807, 2.05) is 76.2 Å². The van der Waals surface area contributed by atoms with Gasteiger partial charge in [-0.15, -0.1) is 0 Å². The molecule has 0 bridgehead atoms. The quantitative estimate of drug-likeness (QED) is 0.287. The molecule has 1 saturated heterocycles. The number of aromatic nitrogens is 1. The van der Waals surface area contributed by atoms with Gasteiger partial charge in [0.2, 0.25) is 0 Å². The Balaban J connectivity index is 1.75. The molecule has 0 amide bonds. The highest BCUT2D eigenvalue weighted by atomic mass is 16.7. The Bertz CT molecular complexity index is 1450. The Morgan fingerprint density at radius 1 is 0.750 bits per heavy atom. The van der Waals surface area contributed by atoms with Crippen molar-refractivity contribution in [3.8, 4) is 5.69 Å². The first-order chi connectivity index (χ1) is 15.2. The Kier molecular flexibility index (Phi) is 4.43. The van der Waals surface area contributed by atoms with Gasteiger partial charge in [0.1, 0.15) is 0 Å². The normalized spacial score (nSPS) is 16.9. The monoisotopic (exact) mass is 419 g/mol. The van der Waals surface area contributed by atoms with E-state index in [9.17, 15) is 0 Å². The minimum atomic E-state index is -0.553. The molecule has 1 aromatic heterocycles. The molecule has 0 spiro atoms. The highest BCUT2D eigenvalue weighted by molar-refractivity contribution is 6.62. The molecule has 4 aromatic rings. The number of benzene rings is 3. The summed E-state index contributed by atoms with van der Waals surface area (Å²) >= 11 is 0. The number of fused-ring (bicyclic) bond motifs is 3. The van der Waals surface area contributed by atoms with Crippen LogP contribution in [0.5, 0.6) is 0 Å². The number of hydrogen-bond donors (Lipinski definition) is 0. The van der Waals surface area contributed by atoms with Gasteiger partial charge in [-0.3, -0.25) is 0 Å². The van der Waals surface area contributed by atoms with Crippen LogP contribution in [0.15, 0.2) is 60.7 Å². The van der Waals surface area contributed by atoms with Crippen LogP contribution in [-0.2, 0) is 9.31 Å². The van der Waals surface area contributed by atoms with E-state index in [0.29, 0.717) is 11.4 Å². The fourth-order valence-corrected chi connectivity index (χ4v) is 4.24. The molecule has 32 heavy (non-hydrogen) atoms. The molecule has 0 radical (unpaired) electrons. The fourth-order valence-electron chi connectivity index (χ4n) is 4.24. The lowest BCUT2D eigenvalue weighted by Crippen LogP contribution is -2.41. The van der Waals surface area contributed by atoms with Gasteiger partial charge in [-0.25, -0.2) is 9.69 Å². The Hall–Kier alpha value is -3.58. The molecule has 1 aliphatic heterocycles. The van der Waals surface area contributed by atoms with Crippen molar-refractivity contribution in [2.45, 2.75) is 38.9 Å². The Labute approximate surface area is 188 Å². The standard InChI is InChI=1S/C26H22BN3O2/c1-25(2)26(3,4)32-27(31-25)17-13-19(29-6)15-20(14-17)30-23-10-8-7-9-21(23)22-16-18(28-5)11-12-24(22)30/h7-16H,1-4H3. The molecule has 6 heteroatoms. The van der Waals surface area contributed by atoms with Crippen LogP contribution in [0.2, 0.25) is 0 Å². The first kappa shape index (κ1) is 20.3. The summed E-state index contributed by atoms with van der Waals surface area (Å²) in [6, 6.07) is 19.6. The van der Waals surface area contributed by atoms with E-state index in [2.05, 4.69) is 26.4 Å². The number of para-hydroxylation sites is 1. The highest BCUT2D eigenvalue weighted by Gasteiger charge is 2.51. The molecular formula is C26H22BN3O2. The van der Waals surface area contributed by atoms with Gasteiger partial charge in [0.25, 0.3) is 0 Å². The maximum absolute atomic E-state index is 7.67. The predicted octanol–water partition coefficient (Wildman–Crippen LogP) is 6.18. The molecule has 2 heterocycles. The van der Waals surface area contributed by atoms with Crippen molar-refractivity contribution in [2.24, 2.45) is 0 Å². The van der Waals surface area contributed by atoms with Crippen LogP contribution < -0.4 is 5.46 Å². The molecule has 0 aliphatic carbocycles. The topological polar surface area (TPSA) is 32.1 Å². The van der Waals surface area contributed by atoms with Crippen LogP contribution in [-0.4, -0.2) is 22.9 Å². The van der Waals surface area contributed by atoms with Crippen molar-refractivity contribution in [1.82, 2.24) is 4.57 Å². The third kappa shape index (κ3) is 3.00. The average molecular weight is 419 g/mol. The van der Waals surface area contributed by atoms with E-state index in [4.69, 9.17) is 22.5 Å². The molecule has 0 N–H and O–H groups in total. The van der Waals surface area contributed by atoms with E-state index >= 15 is 0 Å². The zero-order valence-corrected chi connectivity index (χ0v) is 18.5. The lowest BCUT2D eigenvalue weighted by Gasteiger charge is -2.32. The van der Waals surface area contributed by atoms with E-state index in [1.54, 1.807) is 0 Å². The van der Waals surface area contributed by atoms with E-state index in [-0.39, 0.29) is 0 Å². The van der Waals surface area contributed by atoms with Crippen molar-refractivity contribution in [3.05, 3.63) is 83.5 Å². The van der Waals surface area contributed by atoms with Crippen LogP contribution in [0.25, 0.3) is 37.2 Å². The second kappa shape index (κ2) is 6.97. The van der Waals surface area contributed by atoms with Crippen LogP contribution in [0.3, 0.4) is 0 Å². The maximum atomic E-state index is 7.67. The van der Waals surface area contributed by atoms with Crippen LogP contribution in [0.1, 0.15) is 27.7 Å². The number of rotatable bonds is 2. The third-order valence-corrected chi connectivity index (χ3v) is 6.62. The molecule has 1 fully saturated rings. The second-order valence-corrected chi connectivity index (χ2v) is 9.15. The van der Waals surface area contributed by atoms with Crippen molar-refractivity contribution in [1.29, 1.82) is 0 Å². The Morgan fingerprint density at radius 3 is 2.09 bits per heavy atom. The summed E-state index contributed by atoms with van der Waals surface area (Å²) < 4.78 is 14.7. The molecule has 1 aliphatic rings. The molecule has 0 unspecified atom stereocenters. The number of hydrogen-bond acceptors (Lipinski definition) is 2. The summed E-state index contributed by atoms with van der Waals surface area (Å²) in [5, 5.41) is 2.08. The number of nitrogens with zero attached hydrogens (tertiary/aromatic N) is 3. The SMILES string of the molecule is [C-]#[N+]c1cc(B2OC(C)(C)C(C)(C)O2)cc(-n2c3ccccc3c3cc([N+]#[C-])ccc32)c1. The summed E-state index contributed by atoms with van der Waals surface area (Å²) in [7, 11) is -0.553. The zero-order valence-electron chi connectivity index (χ0n) is 18.5. The van der Waals surface area contributed by atoms with Crippen molar-refractivity contribution < 1.29 is 9.31 Å². The van der Waals surface area contributed by atoms with Crippen molar-refractivity contribution in [2.75, 3.05) is 0 Å². The fraction of sp³-hybridized carbons (Fsp3) is 0.231. The van der Waals surface area contributed by atoms with E-state index in [0.717, 1.165) is 33.0 Å². The van der Waals surface area contributed by atoms with Crippen molar-refractivity contribution in [3.63, 3.8) is 0 Å². The van der Waals surface area contributed by atoms with Gasteiger partial charge in [-0.05, 0) is 68.9 Å². The maximum Gasteiger partial charge on any atom is 0.493 e. The lowest BCUT2D eigenvalue weighted by atomic mass is 9.78. The molecule has 5 nitrogen and oxygen atoms in total. The molecule has 156 valence electrons. The smallest absolute Gasteiger partial charge is 0.399 e. The molecule has 0 saturated carbocycles. The van der Waals surface area contributed by atoms with Gasteiger partial charge in [0.05, 0.1) is 35.4 Å². The Morgan fingerprint density at radius 2 is 1.41 bits per heavy atom.